The molecular formula is C17H13F4N3O2S. The number of nitrogens with zero attached hydrogens (tertiary/aromatic N) is 1. The zero-order valence-corrected chi connectivity index (χ0v) is 14.6. The number of hydrogen-bond acceptors (Lipinski definition) is 4. The quantitative estimate of drug-likeness (QED) is 0.471. The predicted molar refractivity (Wildman–Crippen MR) is 93.0 cm³/mol. The number of alkyl halides is 2. The minimum absolute atomic E-state index is 0.101. The van der Waals surface area contributed by atoms with Gasteiger partial charge in [0.25, 0.3) is 0 Å². The number of amides is 1. The van der Waals surface area contributed by atoms with Gasteiger partial charge in [0.2, 0.25) is 5.91 Å². The number of carbonyl (C=O) groups excluding carboxylic acids is 1. The van der Waals surface area contributed by atoms with Gasteiger partial charge >= 0.3 is 6.61 Å². The molecule has 1 aromatic heterocycles. The van der Waals surface area contributed by atoms with E-state index < -0.39 is 29.4 Å². The van der Waals surface area contributed by atoms with Gasteiger partial charge in [0.1, 0.15) is 5.75 Å². The molecule has 5 nitrogen and oxygen atoms in total. The average molecular weight is 399 g/mol. The number of rotatable bonds is 6. The Kier molecular flexibility index (Phi) is 5.54. The number of fused-ring (bicyclic) bond motifs is 1. The van der Waals surface area contributed by atoms with E-state index >= 15 is 0 Å². The Morgan fingerprint density at radius 2 is 1.93 bits per heavy atom. The molecule has 142 valence electrons. The van der Waals surface area contributed by atoms with Gasteiger partial charge in [0, 0.05) is 12.1 Å². The molecule has 1 amide bonds. The summed E-state index contributed by atoms with van der Waals surface area (Å²) in [6.45, 7) is -1.45. The molecule has 0 radical (unpaired) electrons. The number of carbonyl (C=O) groups is 1. The second kappa shape index (κ2) is 7.87. The molecule has 0 bridgehead atoms. The molecule has 2 aromatic carbocycles. The standard InChI is InChI=1S/C17H13F4N3O2S/c1-8(15(25)22-11-4-2-3-5-14(11)26-16(20)21)27-17-23-12-6-9(18)10(19)7-13(12)24-17/h2-8,16H,1H3,(H,22,25)(H,23,24). The van der Waals surface area contributed by atoms with Crippen LogP contribution in [0.3, 0.4) is 0 Å². The predicted octanol–water partition coefficient (Wildman–Crippen LogP) is 4.56. The first kappa shape index (κ1) is 19.0. The summed E-state index contributed by atoms with van der Waals surface area (Å²) in [4.78, 5) is 19.2. The van der Waals surface area contributed by atoms with E-state index in [0.717, 1.165) is 23.9 Å². The van der Waals surface area contributed by atoms with E-state index in [2.05, 4.69) is 20.0 Å². The molecule has 3 rings (SSSR count). The summed E-state index contributed by atoms with van der Waals surface area (Å²) in [6, 6.07) is 7.73. The maximum atomic E-state index is 13.3. The van der Waals surface area contributed by atoms with Crippen molar-refractivity contribution in [2.75, 3.05) is 5.32 Å². The van der Waals surface area contributed by atoms with Crippen LogP contribution in [0.15, 0.2) is 41.6 Å². The van der Waals surface area contributed by atoms with Crippen molar-refractivity contribution in [1.82, 2.24) is 9.97 Å². The third-order valence-corrected chi connectivity index (χ3v) is 4.51. The molecule has 0 saturated carbocycles. The van der Waals surface area contributed by atoms with Crippen LogP contribution in [0.1, 0.15) is 6.92 Å². The van der Waals surface area contributed by atoms with E-state index in [0.29, 0.717) is 5.52 Å². The normalized spacial score (nSPS) is 12.4. The second-order valence-corrected chi connectivity index (χ2v) is 6.78. The second-order valence-electron chi connectivity index (χ2n) is 5.45. The molecule has 0 aliphatic heterocycles. The van der Waals surface area contributed by atoms with Crippen molar-refractivity contribution in [3.8, 4) is 5.75 Å². The van der Waals surface area contributed by atoms with Crippen LogP contribution < -0.4 is 10.1 Å². The third kappa shape index (κ3) is 4.51. The molecular weight excluding hydrogens is 386 g/mol. The van der Waals surface area contributed by atoms with Gasteiger partial charge in [-0.3, -0.25) is 4.79 Å². The van der Waals surface area contributed by atoms with Gasteiger partial charge in [-0.1, -0.05) is 23.9 Å². The first-order chi connectivity index (χ1) is 12.8. The van der Waals surface area contributed by atoms with E-state index in [9.17, 15) is 22.4 Å². The summed E-state index contributed by atoms with van der Waals surface area (Å²) in [6.07, 6.45) is 0. The summed E-state index contributed by atoms with van der Waals surface area (Å²) < 4.78 is 55.8. The molecule has 1 heterocycles. The summed E-state index contributed by atoms with van der Waals surface area (Å²) in [5, 5.41) is 2.11. The first-order valence-electron chi connectivity index (χ1n) is 7.69. The summed E-state index contributed by atoms with van der Waals surface area (Å²) >= 11 is 1.02. The number of imidazole rings is 1. The Morgan fingerprint density at radius 3 is 2.67 bits per heavy atom. The Balaban J connectivity index is 1.71. The summed E-state index contributed by atoms with van der Waals surface area (Å²) in [5.41, 5.74) is 0.614. The number of aromatic nitrogens is 2. The van der Waals surface area contributed by atoms with Crippen molar-refractivity contribution in [2.24, 2.45) is 0 Å². The molecule has 2 N–H and O–H groups in total. The lowest BCUT2D eigenvalue weighted by Crippen LogP contribution is -2.23. The smallest absolute Gasteiger partial charge is 0.387 e. The lowest BCUT2D eigenvalue weighted by atomic mass is 10.3. The molecule has 27 heavy (non-hydrogen) atoms. The maximum Gasteiger partial charge on any atom is 0.387 e. The van der Waals surface area contributed by atoms with Crippen LogP contribution >= 0.6 is 11.8 Å². The van der Waals surface area contributed by atoms with Crippen LogP contribution in [0, 0.1) is 11.6 Å². The van der Waals surface area contributed by atoms with Gasteiger partial charge in [0.15, 0.2) is 16.8 Å². The van der Waals surface area contributed by atoms with Crippen molar-refractivity contribution in [3.63, 3.8) is 0 Å². The van der Waals surface area contributed by atoms with E-state index in [1.807, 2.05) is 0 Å². The molecule has 1 unspecified atom stereocenters. The number of aromatic amines is 1. The fourth-order valence-electron chi connectivity index (χ4n) is 2.26. The highest BCUT2D eigenvalue weighted by Gasteiger charge is 2.19. The van der Waals surface area contributed by atoms with E-state index in [4.69, 9.17) is 0 Å². The molecule has 0 spiro atoms. The summed E-state index contributed by atoms with van der Waals surface area (Å²) in [7, 11) is 0. The number of halogens is 4. The van der Waals surface area contributed by atoms with Crippen molar-refractivity contribution in [2.45, 2.75) is 23.9 Å². The number of benzene rings is 2. The molecule has 0 fully saturated rings. The minimum Gasteiger partial charge on any atom is -0.433 e. The van der Waals surface area contributed by atoms with Crippen LogP contribution in [0.25, 0.3) is 11.0 Å². The number of anilines is 1. The van der Waals surface area contributed by atoms with Crippen molar-refractivity contribution >= 4 is 34.4 Å². The number of nitrogens with one attached hydrogen (secondary N) is 2. The van der Waals surface area contributed by atoms with Gasteiger partial charge in [-0.15, -0.1) is 0 Å². The molecule has 0 saturated heterocycles. The molecule has 1 atom stereocenters. The monoisotopic (exact) mass is 399 g/mol. The first-order valence-corrected chi connectivity index (χ1v) is 8.57. The topological polar surface area (TPSA) is 67.0 Å². The van der Waals surface area contributed by atoms with E-state index in [1.54, 1.807) is 13.0 Å². The minimum atomic E-state index is -3.02. The zero-order chi connectivity index (χ0) is 19.6. The highest BCUT2D eigenvalue weighted by Crippen LogP contribution is 2.28. The molecule has 10 heteroatoms. The van der Waals surface area contributed by atoms with Gasteiger partial charge in [-0.25, -0.2) is 13.8 Å². The Bertz CT molecular complexity index is 941. The van der Waals surface area contributed by atoms with Crippen LogP contribution in [0.4, 0.5) is 23.2 Å². The van der Waals surface area contributed by atoms with Crippen molar-refractivity contribution in [3.05, 3.63) is 48.0 Å². The van der Waals surface area contributed by atoms with Crippen molar-refractivity contribution in [1.29, 1.82) is 0 Å². The van der Waals surface area contributed by atoms with E-state index in [-0.39, 0.29) is 22.1 Å². The molecule has 0 aliphatic rings. The van der Waals surface area contributed by atoms with Gasteiger partial charge in [-0.05, 0) is 19.1 Å². The fourth-order valence-corrected chi connectivity index (χ4v) is 3.08. The fraction of sp³-hybridized carbons (Fsp3) is 0.176. The van der Waals surface area contributed by atoms with E-state index in [1.165, 1.54) is 18.2 Å². The molecule has 3 aromatic rings. The lowest BCUT2D eigenvalue weighted by Gasteiger charge is -2.14. The van der Waals surface area contributed by atoms with Crippen LogP contribution in [-0.2, 0) is 4.79 Å². The van der Waals surface area contributed by atoms with Crippen LogP contribution in [0.5, 0.6) is 5.75 Å². The van der Waals surface area contributed by atoms with Crippen molar-refractivity contribution < 1.29 is 27.1 Å². The Morgan fingerprint density at radius 1 is 1.22 bits per heavy atom. The zero-order valence-electron chi connectivity index (χ0n) is 13.8. The number of hydrogen-bond donors (Lipinski definition) is 2. The van der Waals surface area contributed by atoms with Gasteiger partial charge in [0.05, 0.1) is 22.0 Å². The lowest BCUT2D eigenvalue weighted by molar-refractivity contribution is -0.115. The van der Waals surface area contributed by atoms with Crippen LogP contribution in [0.2, 0.25) is 0 Å². The third-order valence-electron chi connectivity index (χ3n) is 3.52. The van der Waals surface area contributed by atoms with Crippen LogP contribution in [-0.4, -0.2) is 27.7 Å². The van der Waals surface area contributed by atoms with Gasteiger partial charge < -0.3 is 15.0 Å². The largest absolute Gasteiger partial charge is 0.433 e. The highest BCUT2D eigenvalue weighted by atomic mass is 32.2. The average Bonchev–Trinajstić information content (AvgIpc) is 2.97. The molecule has 0 aliphatic carbocycles. The summed E-state index contributed by atoms with van der Waals surface area (Å²) in [5.74, 6) is -2.67. The number of thioether (sulfide) groups is 1. The van der Waals surface area contributed by atoms with Gasteiger partial charge in [-0.2, -0.15) is 8.78 Å². The Hall–Kier alpha value is -2.75. The highest BCUT2D eigenvalue weighted by molar-refractivity contribution is 8.00. The Labute approximate surface area is 155 Å². The maximum absolute atomic E-state index is 13.3. The number of para-hydroxylation sites is 2. The SMILES string of the molecule is CC(Sc1nc2cc(F)c(F)cc2[nH]1)C(=O)Nc1ccccc1OC(F)F. The number of H-pyrrole nitrogens is 1. The number of ether oxygens (including phenoxy) is 1.